The first-order chi connectivity index (χ1) is 13.0. The zero-order valence-corrected chi connectivity index (χ0v) is 15.3. The molecule has 7 nitrogen and oxygen atoms in total. The molecule has 2 heterocycles. The first kappa shape index (κ1) is 19.0. The summed E-state index contributed by atoms with van der Waals surface area (Å²) in [5.74, 6) is -0.398. The summed E-state index contributed by atoms with van der Waals surface area (Å²) in [6, 6.07) is 9.32. The molecule has 2 amide bonds. The maximum Gasteiger partial charge on any atom is 0.287 e. The maximum absolute atomic E-state index is 13.0. The van der Waals surface area contributed by atoms with E-state index in [1.54, 1.807) is 42.2 Å². The largest absolute Gasteiger partial charge is 0.508 e. The third-order valence-electron chi connectivity index (χ3n) is 4.58. The zero-order chi connectivity index (χ0) is 19.2. The number of furan rings is 1. The van der Waals surface area contributed by atoms with E-state index in [2.05, 4.69) is 5.32 Å². The number of aromatic hydroxyl groups is 1. The van der Waals surface area contributed by atoms with Gasteiger partial charge in [-0.1, -0.05) is 18.2 Å². The molecule has 3 rings (SSSR count). The molecule has 2 N–H and O–H groups in total. The summed E-state index contributed by atoms with van der Waals surface area (Å²) in [6.45, 7) is 2.98. The maximum atomic E-state index is 13.0. The van der Waals surface area contributed by atoms with Crippen molar-refractivity contribution in [3.05, 3.63) is 54.0 Å². The van der Waals surface area contributed by atoms with E-state index < -0.39 is 11.9 Å². The molecule has 2 aromatic rings. The normalized spacial score (nSPS) is 17.4. The topological polar surface area (TPSA) is 92.0 Å². The second-order valence-electron chi connectivity index (χ2n) is 6.65. The van der Waals surface area contributed by atoms with Crippen molar-refractivity contribution in [2.75, 3.05) is 13.2 Å². The Labute approximate surface area is 157 Å². The monoisotopic (exact) mass is 372 g/mol. The minimum atomic E-state index is -0.741. The van der Waals surface area contributed by atoms with Crippen LogP contribution in [0.3, 0.4) is 0 Å². The number of carbonyl (C=O) groups excluding carboxylic acids is 2. The number of hydrogen-bond acceptors (Lipinski definition) is 5. The Morgan fingerprint density at radius 2 is 2.11 bits per heavy atom. The lowest BCUT2D eigenvalue weighted by molar-refractivity contribution is -0.135. The minimum Gasteiger partial charge on any atom is -0.508 e. The Morgan fingerprint density at radius 3 is 2.78 bits per heavy atom. The van der Waals surface area contributed by atoms with Gasteiger partial charge in [0.25, 0.3) is 5.91 Å². The number of benzene rings is 1. The van der Waals surface area contributed by atoms with Crippen LogP contribution in [0.15, 0.2) is 47.1 Å². The molecule has 7 heteroatoms. The van der Waals surface area contributed by atoms with Gasteiger partial charge in [-0.25, -0.2) is 0 Å². The van der Waals surface area contributed by atoms with E-state index in [-0.39, 0.29) is 30.1 Å². The van der Waals surface area contributed by atoms with Gasteiger partial charge < -0.3 is 24.5 Å². The molecule has 2 unspecified atom stereocenters. The minimum absolute atomic E-state index is 0.0345. The van der Waals surface area contributed by atoms with Crippen molar-refractivity contribution >= 4 is 11.8 Å². The molecule has 2 atom stereocenters. The predicted molar refractivity (Wildman–Crippen MR) is 98.1 cm³/mol. The SMILES string of the molecule is CC(NC(=O)c1ccco1)C(=O)N(Cc1ccccc1O)CC1CCCO1. The van der Waals surface area contributed by atoms with Crippen molar-refractivity contribution < 1.29 is 23.8 Å². The fraction of sp³-hybridized carbons (Fsp3) is 0.400. The molecular weight excluding hydrogens is 348 g/mol. The number of carbonyl (C=O) groups is 2. The summed E-state index contributed by atoms with van der Waals surface area (Å²) in [6.07, 6.45) is 3.22. The Balaban J connectivity index is 1.70. The molecule has 0 bridgehead atoms. The van der Waals surface area contributed by atoms with Crippen molar-refractivity contribution in [2.45, 2.75) is 38.5 Å². The first-order valence-corrected chi connectivity index (χ1v) is 9.06. The average molecular weight is 372 g/mol. The zero-order valence-electron chi connectivity index (χ0n) is 15.3. The lowest BCUT2D eigenvalue weighted by atomic mass is 10.1. The highest BCUT2D eigenvalue weighted by Crippen LogP contribution is 2.21. The number of hydrogen-bond donors (Lipinski definition) is 2. The third-order valence-corrected chi connectivity index (χ3v) is 4.58. The molecule has 1 aliphatic rings. The molecule has 0 saturated carbocycles. The number of phenols is 1. The Morgan fingerprint density at radius 1 is 1.30 bits per heavy atom. The molecule has 0 aliphatic carbocycles. The standard InChI is InChI=1S/C20H24N2O5/c1-14(21-19(24)18-9-5-11-27-18)20(25)22(13-16-7-4-10-26-16)12-15-6-2-3-8-17(15)23/h2-3,5-6,8-9,11,14,16,23H,4,7,10,12-13H2,1H3,(H,21,24). The van der Waals surface area contributed by atoms with Crippen LogP contribution in [-0.4, -0.2) is 47.1 Å². The van der Waals surface area contributed by atoms with Crippen LogP contribution < -0.4 is 5.32 Å². The molecule has 1 aliphatic heterocycles. The Kier molecular flexibility index (Phi) is 6.13. The van der Waals surface area contributed by atoms with E-state index in [0.29, 0.717) is 18.7 Å². The highest BCUT2D eigenvalue weighted by Gasteiger charge is 2.28. The second kappa shape index (κ2) is 8.73. The molecular formula is C20H24N2O5. The highest BCUT2D eigenvalue weighted by molar-refractivity contribution is 5.95. The van der Waals surface area contributed by atoms with E-state index in [4.69, 9.17) is 9.15 Å². The summed E-state index contributed by atoms with van der Waals surface area (Å²) in [4.78, 5) is 26.8. The summed E-state index contributed by atoms with van der Waals surface area (Å²) >= 11 is 0. The predicted octanol–water partition coefficient (Wildman–Crippen LogP) is 2.31. The third kappa shape index (κ3) is 4.89. The van der Waals surface area contributed by atoms with Crippen LogP contribution in [0.5, 0.6) is 5.75 Å². The van der Waals surface area contributed by atoms with Crippen molar-refractivity contribution in [3.63, 3.8) is 0 Å². The first-order valence-electron chi connectivity index (χ1n) is 9.06. The molecule has 144 valence electrons. The van der Waals surface area contributed by atoms with E-state index >= 15 is 0 Å². The van der Waals surface area contributed by atoms with Crippen LogP contribution in [-0.2, 0) is 16.1 Å². The van der Waals surface area contributed by atoms with E-state index in [1.165, 1.54) is 6.26 Å². The smallest absolute Gasteiger partial charge is 0.287 e. The van der Waals surface area contributed by atoms with Gasteiger partial charge in [-0.05, 0) is 38.0 Å². The molecule has 0 radical (unpaired) electrons. The van der Waals surface area contributed by atoms with Crippen LogP contribution in [0, 0.1) is 0 Å². The number of rotatable bonds is 7. The summed E-state index contributed by atoms with van der Waals surface area (Å²) in [5, 5.41) is 12.7. The van der Waals surface area contributed by atoms with Gasteiger partial charge in [-0.3, -0.25) is 9.59 Å². The summed E-state index contributed by atoms with van der Waals surface area (Å²) < 4.78 is 10.7. The van der Waals surface area contributed by atoms with Crippen molar-refractivity contribution in [1.29, 1.82) is 0 Å². The van der Waals surface area contributed by atoms with Gasteiger partial charge in [0.2, 0.25) is 5.91 Å². The van der Waals surface area contributed by atoms with E-state index in [9.17, 15) is 14.7 Å². The summed E-state index contributed by atoms with van der Waals surface area (Å²) in [7, 11) is 0. The molecule has 1 aromatic heterocycles. The van der Waals surface area contributed by atoms with Gasteiger partial charge in [0.15, 0.2) is 5.76 Å². The van der Waals surface area contributed by atoms with Crippen LogP contribution >= 0.6 is 0 Å². The second-order valence-corrected chi connectivity index (χ2v) is 6.65. The van der Waals surface area contributed by atoms with Crippen molar-refractivity contribution in [1.82, 2.24) is 10.2 Å². The quantitative estimate of drug-likeness (QED) is 0.778. The van der Waals surface area contributed by atoms with Gasteiger partial charge in [-0.15, -0.1) is 0 Å². The number of ether oxygens (including phenoxy) is 1. The van der Waals surface area contributed by atoms with Crippen LogP contribution in [0.2, 0.25) is 0 Å². The molecule has 1 fully saturated rings. The Hall–Kier alpha value is -2.80. The number of nitrogens with one attached hydrogen (secondary N) is 1. The van der Waals surface area contributed by atoms with Gasteiger partial charge in [0.1, 0.15) is 11.8 Å². The lowest BCUT2D eigenvalue weighted by Gasteiger charge is -2.28. The highest BCUT2D eigenvalue weighted by atomic mass is 16.5. The van der Waals surface area contributed by atoms with E-state index in [1.807, 2.05) is 6.07 Å². The molecule has 27 heavy (non-hydrogen) atoms. The lowest BCUT2D eigenvalue weighted by Crippen LogP contribution is -2.48. The van der Waals surface area contributed by atoms with Crippen molar-refractivity contribution in [2.24, 2.45) is 0 Å². The number of para-hydroxylation sites is 1. The number of phenolic OH excluding ortho intramolecular Hbond substituents is 1. The summed E-state index contributed by atoms with van der Waals surface area (Å²) in [5.41, 5.74) is 0.647. The molecule has 1 aromatic carbocycles. The molecule has 1 saturated heterocycles. The fourth-order valence-electron chi connectivity index (χ4n) is 3.13. The average Bonchev–Trinajstić information content (AvgIpc) is 3.36. The van der Waals surface area contributed by atoms with Crippen LogP contribution in [0.25, 0.3) is 0 Å². The fourth-order valence-corrected chi connectivity index (χ4v) is 3.13. The number of nitrogens with zero attached hydrogens (tertiary/aromatic N) is 1. The van der Waals surface area contributed by atoms with Gasteiger partial charge in [0.05, 0.1) is 12.4 Å². The molecule has 0 spiro atoms. The van der Waals surface area contributed by atoms with Gasteiger partial charge in [-0.2, -0.15) is 0 Å². The van der Waals surface area contributed by atoms with Gasteiger partial charge in [0, 0.05) is 25.3 Å². The number of amides is 2. The van der Waals surface area contributed by atoms with Gasteiger partial charge >= 0.3 is 0 Å². The van der Waals surface area contributed by atoms with E-state index in [0.717, 1.165) is 12.8 Å². The van der Waals surface area contributed by atoms with Crippen LogP contribution in [0.1, 0.15) is 35.9 Å². The van der Waals surface area contributed by atoms with Crippen molar-refractivity contribution in [3.8, 4) is 5.75 Å². The Bertz CT molecular complexity index is 768. The van der Waals surface area contributed by atoms with Crippen LogP contribution in [0.4, 0.5) is 0 Å².